The van der Waals surface area contributed by atoms with Crippen LogP contribution in [0.15, 0.2) is 72.7 Å². The number of aromatic nitrogens is 3. The van der Waals surface area contributed by atoms with Gasteiger partial charge < -0.3 is 19.4 Å². The third kappa shape index (κ3) is 5.07. The number of carbonyl (C=O) groups excluding carboxylic acids is 2. The van der Waals surface area contributed by atoms with Gasteiger partial charge in [0.15, 0.2) is 5.82 Å². The first-order valence-electron chi connectivity index (χ1n) is 8.78. The topological polar surface area (TPSA) is 95.3 Å². The van der Waals surface area contributed by atoms with Gasteiger partial charge in [0.25, 0.3) is 0 Å². The summed E-state index contributed by atoms with van der Waals surface area (Å²) in [6.45, 7) is 0.650. The molecule has 1 aromatic heterocycles. The first-order valence-corrected chi connectivity index (χ1v) is 8.78. The van der Waals surface area contributed by atoms with Crippen molar-refractivity contribution in [1.29, 1.82) is 0 Å². The predicted molar refractivity (Wildman–Crippen MR) is 107 cm³/mol. The van der Waals surface area contributed by atoms with Gasteiger partial charge in [-0.15, -0.1) is 10.2 Å². The van der Waals surface area contributed by atoms with Gasteiger partial charge >= 0.3 is 11.9 Å². The summed E-state index contributed by atoms with van der Waals surface area (Å²) < 4.78 is 11.2. The highest BCUT2D eigenvalue weighted by Crippen LogP contribution is 2.21. The molecule has 0 aliphatic heterocycles. The Morgan fingerprint density at radius 2 is 1.76 bits per heavy atom. The summed E-state index contributed by atoms with van der Waals surface area (Å²) in [6.07, 6.45) is 2.72. The number of hydrogen-bond acceptors (Lipinski definition) is 7. The summed E-state index contributed by atoms with van der Waals surface area (Å²) in [7, 11) is 2.46. The molecule has 0 radical (unpaired) electrons. The van der Waals surface area contributed by atoms with Crippen molar-refractivity contribution in [3.05, 3.63) is 78.3 Å². The van der Waals surface area contributed by atoms with Crippen LogP contribution in [0.4, 0.5) is 5.69 Å². The molecule has 148 valence electrons. The number of nitrogens with one attached hydrogen (secondary N) is 1. The van der Waals surface area contributed by atoms with E-state index in [9.17, 15) is 9.59 Å². The van der Waals surface area contributed by atoms with Crippen LogP contribution in [0, 0.1) is 0 Å². The molecule has 0 saturated carbocycles. The SMILES string of the molecule is COC(=O)/C=C(/Nc1ccc(-c2nncn2Cc2ccccc2)cc1)C(=O)OC. The number of anilines is 1. The Balaban J connectivity index is 1.79. The molecule has 0 aliphatic carbocycles. The highest BCUT2D eigenvalue weighted by Gasteiger charge is 2.13. The van der Waals surface area contributed by atoms with E-state index in [0.717, 1.165) is 23.0 Å². The van der Waals surface area contributed by atoms with Crippen molar-refractivity contribution in [2.24, 2.45) is 0 Å². The first-order chi connectivity index (χ1) is 14.1. The van der Waals surface area contributed by atoms with E-state index >= 15 is 0 Å². The fourth-order valence-electron chi connectivity index (χ4n) is 2.67. The zero-order valence-corrected chi connectivity index (χ0v) is 16.0. The molecule has 0 unspecified atom stereocenters. The average molecular weight is 392 g/mol. The van der Waals surface area contributed by atoms with Crippen molar-refractivity contribution in [1.82, 2.24) is 14.8 Å². The molecule has 3 rings (SSSR count). The van der Waals surface area contributed by atoms with Crippen LogP contribution < -0.4 is 5.32 Å². The minimum atomic E-state index is -0.679. The number of carbonyl (C=O) groups is 2. The molecule has 0 bridgehead atoms. The first kappa shape index (κ1) is 19.8. The minimum absolute atomic E-state index is 0.0284. The van der Waals surface area contributed by atoms with Crippen LogP contribution in [0.2, 0.25) is 0 Å². The van der Waals surface area contributed by atoms with Gasteiger partial charge in [-0.05, 0) is 29.8 Å². The van der Waals surface area contributed by atoms with Gasteiger partial charge in [-0.25, -0.2) is 9.59 Å². The molecule has 0 spiro atoms. The number of benzene rings is 2. The molecule has 1 heterocycles. The molecule has 29 heavy (non-hydrogen) atoms. The van der Waals surface area contributed by atoms with Crippen LogP contribution in [0.5, 0.6) is 0 Å². The van der Waals surface area contributed by atoms with Crippen molar-refractivity contribution >= 4 is 17.6 Å². The zero-order valence-electron chi connectivity index (χ0n) is 16.0. The summed E-state index contributed by atoms with van der Waals surface area (Å²) in [5.74, 6) is -0.621. The summed E-state index contributed by atoms with van der Waals surface area (Å²) in [5.41, 5.74) is 2.57. The third-order valence-corrected chi connectivity index (χ3v) is 4.10. The van der Waals surface area contributed by atoms with Crippen molar-refractivity contribution in [2.45, 2.75) is 6.54 Å². The summed E-state index contributed by atoms with van der Waals surface area (Å²) in [5, 5.41) is 11.1. The van der Waals surface area contributed by atoms with E-state index in [-0.39, 0.29) is 5.70 Å². The highest BCUT2D eigenvalue weighted by molar-refractivity contribution is 5.98. The lowest BCUT2D eigenvalue weighted by Crippen LogP contribution is -2.15. The number of rotatable bonds is 7. The molecule has 1 N–H and O–H groups in total. The monoisotopic (exact) mass is 392 g/mol. The van der Waals surface area contributed by atoms with E-state index in [1.807, 2.05) is 47.0 Å². The van der Waals surface area contributed by atoms with E-state index in [2.05, 4.69) is 25.0 Å². The molecule has 3 aromatic rings. The van der Waals surface area contributed by atoms with Crippen LogP contribution in [-0.2, 0) is 25.6 Å². The number of ether oxygens (including phenoxy) is 2. The van der Waals surface area contributed by atoms with Crippen molar-refractivity contribution in [2.75, 3.05) is 19.5 Å². The molecule has 8 nitrogen and oxygen atoms in total. The molecule has 0 fully saturated rings. The fourth-order valence-corrected chi connectivity index (χ4v) is 2.67. The molecular formula is C21H20N4O4. The second-order valence-electron chi connectivity index (χ2n) is 6.04. The molecule has 2 aromatic carbocycles. The lowest BCUT2D eigenvalue weighted by Gasteiger charge is -2.10. The average Bonchev–Trinajstić information content (AvgIpc) is 3.21. The predicted octanol–water partition coefficient (Wildman–Crippen LogP) is 2.64. The number of nitrogens with zero attached hydrogens (tertiary/aromatic N) is 3. The van der Waals surface area contributed by atoms with Crippen molar-refractivity contribution in [3.8, 4) is 11.4 Å². The fraction of sp³-hybridized carbons (Fsp3) is 0.143. The number of hydrogen-bond donors (Lipinski definition) is 1. The molecule has 0 amide bonds. The van der Waals surface area contributed by atoms with Gasteiger partial charge in [-0.1, -0.05) is 30.3 Å². The minimum Gasteiger partial charge on any atom is -0.466 e. The molecule has 0 atom stereocenters. The Kier molecular flexibility index (Phi) is 6.36. The van der Waals surface area contributed by atoms with E-state index < -0.39 is 11.9 Å². The summed E-state index contributed by atoms with van der Waals surface area (Å²) in [6, 6.07) is 17.3. The Bertz CT molecular complexity index is 1010. The second-order valence-corrected chi connectivity index (χ2v) is 6.04. The molecular weight excluding hydrogens is 372 g/mol. The van der Waals surface area contributed by atoms with Gasteiger partial charge in [0.2, 0.25) is 0 Å². The maximum Gasteiger partial charge on any atom is 0.354 e. The van der Waals surface area contributed by atoms with Crippen LogP contribution in [0.3, 0.4) is 0 Å². The lowest BCUT2D eigenvalue weighted by atomic mass is 10.1. The smallest absolute Gasteiger partial charge is 0.354 e. The molecule has 8 heteroatoms. The zero-order chi connectivity index (χ0) is 20.6. The lowest BCUT2D eigenvalue weighted by molar-refractivity contribution is -0.138. The Morgan fingerprint density at radius 1 is 1.03 bits per heavy atom. The summed E-state index contributed by atoms with van der Waals surface area (Å²) >= 11 is 0. The van der Waals surface area contributed by atoms with Gasteiger partial charge in [0.1, 0.15) is 12.0 Å². The second kappa shape index (κ2) is 9.32. The highest BCUT2D eigenvalue weighted by atomic mass is 16.5. The van der Waals surface area contributed by atoms with Gasteiger partial charge in [-0.2, -0.15) is 0 Å². The maximum absolute atomic E-state index is 11.9. The largest absolute Gasteiger partial charge is 0.466 e. The molecule has 0 saturated heterocycles. The quantitative estimate of drug-likeness (QED) is 0.488. The van der Waals surface area contributed by atoms with E-state index in [1.54, 1.807) is 18.5 Å². The van der Waals surface area contributed by atoms with E-state index in [1.165, 1.54) is 14.2 Å². The van der Waals surface area contributed by atoms with Crippen LogP contribution in [-0.4, -0.2) is 40.9 Å². The van der Waals surface area contributed by atoms with Crippen molar-refractivity contribution < 1.29 is 19.1 Å². The number of esters is 2. The van der Waals surface area contributed by atoms with Crippen LogP contribution in [0.1, 0.15) is 5.56 Å². The Morgan fingerprint density at radius 3 is 2.41 bits per heavy atom. The Hall–Kier alpha value is -3.94. The standard InChI is InChI=1S/C21H20N4O4/c1-28-19(26)12-18(21(27)29-2)23-17-10-8-16(9-11-17)20-24-22-14-25(20)13-15-6-4-3-5-7-15/h3-12,14,23H,13H2,1-2H3/b18-12+. The Labute approximate surface area is 167 Å². The van der Waals surface area contributed by atoms with Gasteiger partial charge in [0.05, 0.1) is 26.8 Å². The van der Waals surface area contributed by atoms with Gasteiger partial charge in [-0.3, -0.25) is 0 Å². The van der Waals surface area contributed by atoms with Crippen LogP contribution in [0.25, 0.3) is 11.4 Å². The van der Waals surface area contributed by atoms with E-state index in [0.29, 0.717) is 12.2 Å². The van der Waals surface area contributed by atoms with Crippen LogP contribution >= 0.6 is 0 Å². The maximum atomic E-state index is 11.9. The summed E-state index contributed by atoms with van der Waals surface area (Å²) in [4.78, 5) is 23.3. The molecule has 0 aliphatic rings. The number of methoxy groups -OCH3 is 2. The third-order valence-electron chi connectivity index (χ3n) is 4.10. The van der Waals surface area contributed by atoms with Crippen molar-refractivity contribution in [3.63, 3.8) is 0 Å². The van der Waals surface area contributed by atoms with Gasteiger partial charge in [0, 0.05) is 11.3 Å². The van der Waals surface area contributed by atoms with E-state index in [4.69, 9.17) is 0 Å². The normalized spacial score (nSPS) is 11.0.